The van der Waals surface area contributed by atoms with Gasteiger partial charge in [-0.3, -0.25) is 37.3 Å². The molecule has 0 aliphatic rings. The van der Waals surface area contributed by atoms with E-state index in [1.807, 2.05) is 0 Å². The average molecular weight is 1390 g/mol. The highest BCUT2D eigenvalue weighted by Crippen LogP contribution is 2.45. The first-order chi connectivity index (χ1) is 46.1. The molecule has 0 saturated carbocycles. The lowest BCUT2D eigenvalue weighted by molar-refractivity contribution is -0.161. The summed E-state index contributed by atoms with van der Waals surface area (Å²) in [4.78, 5) is 72.8. The first-order valence-corrected chi connectivity index (χ1v) is 41.3. The number of phosphoric ester groups is 2. The molecule has 19 heteroatoms. The zero-order valence-electron chi connectivity index (χ0n) is 60.8. The van der Waals surface area contributed by atoms with Crippen LogP contribution in [0.2, 0.25) is 0 Å². The van der Waals surface area contributed by atoms with Crippen molar-refractivity contribution in [2.45, 2.75) is 368 Å². The van der Waals surface area contributed by atoms with E-state index in [0.717, 1.165) is 134 Å². The van der Waals surface area contributed by atoms with Gasteiger partial charge in [0.25, 0.3) is 0 Å². The lowest BCUT2D eigenvalue weighted by Crippen LogP contribution is -2.30. The summed E-state index contributed by atoms with van der Waals surface area (Å²) in [5.74, 6) is -1.45. The van der Waals surface area contributed by atoms with E-state index in [-0.39, 0.29) is 25.7 Å². The van der Waals surface area contributed by atoms with Gasteiger partial charge in [-0.1, -0.05) is 295 Å². The third-order valence-electron chi connectivity index (χ3n) is 16.9. The minimum Gasteiger partial charge on any atom is -0.462 e. The van der Waals surface area contributed by atoms with Crippen molar-refractivity contribution in [1.82, 2.24) is 0 Å². The summed E-state index contributed by atoms with van der Waals surface area (Å²) in [6, 6.07) is 0. The van der Waals surface area contributed by atoms with Gasteiger partial charge in [0.05, 0.1) is 26.4 Å². The van der Waals surface area contributed by atoms with Crippen molar-refractivity contribution < 1.29 is 80.2 Å². The summed E-state index contributed by atoms with van der Waals surface area (Å²) in [7, 11) is -9.93. The molecule has 6 atom stereocenters. The molecule has 0 radical (unpaired) electrons. The van der Waals surface area contributed by atoms with Gasteiger partial charge in [0, 0.05) is 25.7 Å². The van der Waals surface area contributed by atoms with E-state index >= 15 is 0 Å². The Bertz CT molecular complexity index is 2010. The second-order valence-electron chi connectivity index (χ2n) is 26.3. The molecule has 0 saturated heterocycles. The fourth-order valence-electron chi connectivity index (χ4n) is 10.6. The van der Waals surface area contributed by atoms with Gasteiger partial charge in [0.2, 0.25) is 0 Å². The van der Waals surface area contributed by atoms with Gasteiger partial charge in [0.1, 0.15) is 19.3 Å². The highest BCUT2D eigenvalue weighted by atomic mass is 31.2. The summed E-state index contributed by atoms with van der Waals surface area (Å²) in [5.41, 5.74) is 0. The predicted octanol–water partition coefficient (Wildman–Crippen LogP) is 21.6. The molecule has 556 valence electrons. The number of allylic oxidation sites excluding steroid dienone is 8. The quantitative estimate of drug-likeness (QED) is 0.0169. The molecule has 0 rings (SSSR count). The molecule has 95 heavy (non-hydrogen) atoms. The first-order valence-electron chi connectivity index (χ1n) is 38.3. The molecular weight excluding hydrogens is 1250 g/mol. The van der Waals surface area contributed by atoms with Crippen LogP contribution in [0.25, 0.3) is 0 Å². The standard InChI is InChI=1S/C76H140O17P2/c1-6-10-13-16-19-22-25-28-31-34-37-40-43-49-54-59-73(78)86-65-71(92-75(80)61-56-51-44-41-38-35-32-29-26-23-20-17-14-11-7-2)67-90-94(82,83)88-63-70(77)64-89-95(84,85)91-68-72(66-87-74(79)60-55-50-47-46-48-53-58-69(5)9-4)93-76(81)62-57-52-45-42-39-36-33-30-27-24-21-18-15-12-8-3/h22-23,25-26,28-29,31-32,69-72,77H,6-21,24,27,30,33-68H2,1-5H3,(H,82,83)(H,84,85)/b25-22-,26-23-,31-28-,32-29-/t69?,70-,71-,72-/m1/s1. The Morgan fingerprint density at radius 2 is 0.589 bits per heavy atom. The van der Waals surface area contributed by atoms with E-state index in [4.69, 9.17) is 37.0 Å². The monoisotopic (exact) mass is 1390 g/mol. The second-order valence-corrected chi connectivity index (χ2v) is 29.2. The molecule has 0 amide bonds. The van der Waals surface area contributed by atoms with Crippen molar-refractivity contribution in [3.8, 4) is 0 Å². The van der Waals surface area contributed by atoms with Crippen molar-refractivity contribution >= 4 is 39.5 Å². The molecule has 3 unspecified atom stereocenters. The van der Waals surface area contributed by atoms with Crippen LogP contribution in [-0.4, -0.2) is 96.7 Å². The maximum Gasteiger partial charge on any atom is 0.472 e. The van der Waals surface area contributed by atoms with E-state index in [0.29, 0.717) is 25.7 Å². The van der Waals surface area contributed by atoms with E-state index < -0.39 is 97.5 Å². The summed E-state index contributed by atoms with van der Waals surface area (Å²) in [5, 5.41) is 10.6. The van der Waals surface area contributed by atoms with Crippen LogP contribution >= 0.6 is 15.6 Å². The number of unbranched alkanes of at least 4 members (excludes halogenated alkanes) is 37. The number of aliphatic hydroxyl groups excluding tert-OH is 1. The molecule has 0 aromatic rings. The van der Waals surface area contributed by atoms with Crippen molar-refractivity contribution in [2.24, 2.45) is 5.92 Å². The summed E-state index contributed by atoms with van der Waals surface area (Å²) < 4.78 is 68.4. The molecule has 0 aromatic carbocycles. The Morgan fingerprint density at radius 1 is 0.337 bits per heavy atom. The Labute approximate surface area is 578 Å². The van der Waals surface area contributed by atoms with Crippen molar-refractivity contribution in [3.05, 3.63) is 48.6 Å². The van der Waals surface area contributed by atoms with Crippen molar-refractivity contribution in [1.29, 1.82) is 0 Å². The molecule has 0 aliphatic carbocycles. The first kappa shape index (κ1) is 92.0. The van der Waals surface area contributed by atoms with Crippen LogP contribution in [0.1, 0.15) is 349 Å². The number of aliphatic hydroxyl groups is 1. The SMILES string of the molecule is CCCCCC/C=C\C=C/CCCCCCCC(=O)OC[C@H](COP(=O)(O)OC[C@@H](O)COP(=O)(O)OC[C@@H](COC(=O)CCCCCCCCC(C)CC)OC(=O)CCCCCCCCCCCCCCCCC)OC(=O)CCCCCCC/C=C\C=C/CCCCCC. The maximum absolute atomic E-state index is 13.1. The smallest absolute Gasteiger partial charge is 0.462 e. The van der Waals surface area contributed by atoms with Gasteiger partial charge in [-0.25, -0.2) is 9.13 Å². The van der Waals surface area contributed by atoms with E-state index in [9.17, 15) is 43.2 Å². The molecule has 0 fully saturated rings. The highest BCUT2D eigenvalue weighted by Gasteiger charge is 2.30. The fourth-order valence-corrected chi connectivity index (χ4v) is 12.2. The normalized spacial score (nSPS) is 14.6. The number of hydrogen-bond donors (Lipinski definition) is 3. The number of esters is 4. The number of phosphoric acid groups is 2. The van der Waals surface area contributed by atoms with Gasteiger partial charge in [-0.15, -0.1) is 0 Å². The van der Waals surface area contributed by atoms with Crippen LogP contribution in [0, 0.1) is 5.92 Å². The topological polar surface area (TPSA) is 237 Å². The third-order valence-corrected chi connectivity index (χ3v) is 18.8. The number of carbonyl (C=O) groups excluding carboxylic acids is 4. The molecule has 0 aromatic heterocycles. The minimum atomic E-state index is -4.97. The highest BCUT2D eigenvalue weighted by molar-refractivity contribution is 7.47. The summed E-state index contributed by atoms with van der Waals surface area (Å²) >= 11 is 0. The lowest BCUT2D eigenvalue weighted by atomic mass is 10.00. The molecule has 0 bridgehead atoms. The molecular formula is C76H140O17P2. The van der Waals surface area contributed by atoms with Crippen LogP contribution in [0.15, 0.2) is 48.6 Å². The zero-order chi connectivity index (χ0) is 69.8. The van der Waals surface area contributed by atoms with Gasteiger partial charge in [0.15, 0.2) is 12.2 Å². The fraction of sp³-hybridized carbons (Fsp3) is 0.842. The average Bonchev–Trinajstić information content (AvgIpc) is 2.55. The Kier molecular flexibility index (Phi) is 66.0. The van der Waals surface area contributed by atoms with E-state index in [2.05, 4.69) is 83.2 Å². The van der Waals surface area contributed by atoms with Crippen LogP contribution in [0.5, 0.6) is 0 Å². The van der Waals surface area contributed by atoms with Crippen molar-refractivity contribution in [3.63, 3.8) is 0 Å². The molecule has 0 spiro atoms. The zero-order valence-corrected chi connectivity index (χ0v) is 62.6. The molecule has 0 aliphatic heterocycles. The summed E-state index contributed by atoms with van der Waals surface area (Å²) in [6.07, 6.45) is 62.6. The Morgan fingerprint density at radius 3 is 0.895 bits per heavy atom. The lowest BCUT2D eigenvalue weighted by Gasteiger charge is -2.21. The van der Waals surface area contributed by atoms with Gasteiger partial charge in [-0.2, -0.15) is 0 Å². The number of carbonyl (C=O) groups is 4. The molecule has 17 nitrogen and oxygen atoms in total. The summed E-state index contributed by atoms with van der Waals surface area (Å²) in [6.45, 7) is 7.12. The van der Waals surface area contributed by atoms with E-state index in [1.165, 1.54) is 135 Å². The number of ether oxygens (including phenoxy) is 4. The van der Waals surface area contributed by atoms with Gasteiger partial charge >= 0.3 is 39.5 Å². The van der Waals surface area contributed by atoms with Gasteiger partial charge < -0.3 is 33.8 Å². The molecule has 3 N–H and O–H groups in total. The van der Waals surface area contributed by atoms with Crippen molar-refractivity contribution in [2.75, 3.05) is 39.6 Å². The minimum absolute atomic E-state index is 0.0782. The third kappa shape index (κ3) is 68.0. The largest absolute Gasteiger partial charge is 0.472 e. The van der Waals surface area contributed by atoms with Gasteiger partial charge in [-0.05, 0) is 83.0 Å². The van der Waals surface area contributed by atoms with Crippen LogP contribution < -0.4 is 0 Å². The molecule has 0 heterocycles. The van der Waals surface area contributed by atoms with Crippen LogP contribution in [0.4, 0.5) is 0 Å². The second kappa shape index (κ2) is 68.2. The Balaban J connectivity index is 5.32. The predicted molar refractivity (Wildman–Crippen MR) is 386 cm³/mol. The number of hydrogen-bond acceptors (Lipinski definition) is 15. The van der Waals surface area contributed by atoms with E-state index in [1.54, 1.807) is 0 Å². The maximum atomic E-state index is 13.1. The van der Waals surface area contributed by atoms with Crippen LogP contribution in [0.3, 0.4) is 0 Å². The number of rotatable bonds is 72. The van der Waals surface area contributed by atoms with Crippen LogP contribution in [-0.2, 0) is 65.4 Å². The Hall–Kier alpha value is -2.98.